The number of benzene rings is 1. The van der Waals surface area contributed by atoms with Crippen molar-refractivity contribution in [1.29, 1.82) is 0 Å². The largest absolute Gasteiger partial charge is 0.462 e. The van der Waals surface area contributed by atoms with Crippen LogP contribution < -0.4 is 20.9 Å². The molecule has 216 valence electrons. The zero-order valence-electron chi connectivity index (χ0n) is 20.8. The third-order valence-corrected chi connectivity index (χ3v) is 7.13. The molecule has 0 spiro atoms. The van der Waals surface area contributed by atoms with Crippen LogP contribution >= 0.6 is 7.75 Å². The average molecular weight is 581 g/mol. The van der Waals surface area contributed by atoms with E-state index < -0.39 is 80.0 Å². The summed E-state index contributed by atoms with van der Waals surface area (Å²) in [6.07, 6.45) is -10.7. The SMILES string of the molecule is CC(C)OC(=O)[C@H](C)NP(=O)(OC[C@@]1(C(F)F)O[C@@H](n2cc(F)c(=O)[nH]c2=O)[C@H](O)[C@H]1O)Oc1ccccc1. The first-order chi connectivity index (χ1) is 18.2. The van der Waals surface area contributed by atoms with Gasteiger partial charge in [0.1, 0.15) is 24.0 Å². The van der Waals surface area contributed by atoms with Crippen molar-refractivity contribution in [2.75, 3.05) is 6.61 Å². The standard InChI is InChI=1S/C22H27F3N3O10P/c1-11(2)36-19(32)12(3)27-39(34,38-13-7-5-4-6-8-13)35-10-22(20(24)25)16(30)15(29)18(37-22)28-9-14(23)17(31)26-21(28)33/h4-9,11-12,15-16,18,20,29-30H,10H2,1-3H3,(H,27,34)(H,26,31,33)/t12-,15+,16+,18+,22+,39?/m0/s1. The predicted molar refractivity (Wildman–Crippen MR) is 127 cm³/mol. The van der Waals surface area contributed by atoms with Crippen molar-refractivity contribution in [2.45, 2.75) is 63.4 Å². The van der Waals surface area contributed by atoms with Gasteiger partial charge in [0.25, 0.3) is 12.0 Å². The van der Waals surface area contributed by atoms with E-state index in [4.69, 9.17) is 18.5 Å². The lowest BCUT2D eigenvalue weighted by atomic mass is 9.96. The first-order valence-corrected chi connectivity index (χ1v) is 13.0. The number of alkyl halides is 2. The molecular formula is C22H27F3N3O10P. The van der Waals surface area contributed by atoms with Gasteiger partial charge in [-0.3, -0.25) is 23.7 Å². The lowest BCUT2D eigenvalue weighted by Crippen LogP contribution is -2.53. The second-order valence-electron chi connectivity index (χ2n) is 8.85. The first-order valence-electron chi connectivity index (χ1n) is 11.5. The molecule has 1 aliphatic heterocycles. The highest BCUT2D eigenvalue weighted by Crippen LogP contribution is 2.49. The molecule has 1 saturated heterocycles. The summed E-state index contributed by atoms with van der Waals surface area (Å²) in [6, 6.07) is 5.99. The van der Waals surface area contributed by atoms with Crippen LogP contribution in [0, 0.1) is 5.82 Å². The number of aromatic nitrogens is 2. The number of esters is 1. The monoisotopic (exact) mass is 581 g/mol. The van der Waals surface area contributed by atoms with E-state index in [1.807, 2.05) is 0 Å². The van der Waals surface area contributed by atoms with Gasteiger partial charge in [0, 0.05) is 0 Å². The molecule has 1 unspecified atom stereocenters. The Kier molecular flexibility index (Phi) is 9.41. The van der Waals surface area contributed by atoms with Gasteiger partial charge in [0.2, 0.25) is 5.82 Å². The number of para-hydroxylation sites is 1. The summed E-state index contributed by atoms with van der Waals surface area (Å²) in [5, 5.41) is 23.2. The molecule has 39 heavy (non-hydrogen) atoms. The van der Waals surface area contributed by atoms with Crippen molar-refractivity contribution >= 4 is 13.7 Å². The Bertz CT molecular complexity index is 1320. The van der Waals surface area contributed by atoms with E-state index in [-0.39, 0.29) is 10.3 Å². The highest BCUT2D eigenvalue weighted by Gasteiger charge is 2.61. The maximum Gasteiger partial charge on any atom is 0.459 e. The van der Waals surface area contributed by atoms with E-state index in [1.165, 1.54) is 31.2 Å². The molecule has 1 fully saturated rings. The summed E-state index contributed by atoms with van der Waals surface area (Å²) in [5.74, 6) is -2.43. The number of ether oxygens (including phenoxy) is 2. The van der Waals surface area contributed by atoms with Crippen molar-refractivity contribution in [1.82, 2.24) is 14.6 Å². The molecule has 0 amide bonds. The predicted octanol–water partition coefficient (Wildman–Crippen LogP) is 1.06. The van der Waals surface area contributed by atoms with Crippen LogP contribution in [0.25, 0.3) is 0 Å². The van der Waals surface area contributed by atoms with E-state index in [9.17, 15) is 42.3 Å². The Hall–Kier alpha value is -3.01. The van der Waals surface area contributed by atoms with E-state index in [0.29, 0.717) is 6.20 Å². The summed E-state index contributed by atoms with van der Waals surface area (Å²) in [7, 11) is -4.72. The second-order valence-corrected chi connectivity index (χ2v) is 10.5. The van der Waals surface area contributed by atoms with E-state index >= 15 is 0 Å². The van der Waals surface area contributed by atoms with Gasteiger partial charge < -0.3 is 24.2 Å². The molecule has 2 aromatic rings. The Morgan fingerprint density at radius 3 is 2.46 bits per heavy atom. The van der Waals surface area contributed by atoms with Crippen LogP contribution in [0.3, 0.4) is 0 Å². The van der Waals surface area contributed by atoms with Gasteiger partial charge in [-0.1, -0.05) is 18.2 Å². The van der Waals surface area contributed by atoms with Gasteiger partial charge in [-0.05, 0) is 32.9 Å². The zero-order valence-corrected chi connectivity index (χ0v) is 21.7. The van der Waals surface area contributed by atoms with Crippen LogP contribution in [0.4, 0.5) is 13.2 Å². The fraction of sp³-hybridized carbons (Fsp3) is 0.500. The fourth-order valence-corrected chi connectivity index (χ4v) is 5.09. The van der Waals surface area contributed by atoms with Crippen molar-refractivity contribution in [2.24, 2.45) is 0 Å². The number of nitrogens with one attached hydrogen (secondary N) is 2. The lowest BCUT2D eigenvalue weighted by molar-refractivity contribution is -0.193. The fourth-order valence-electron chi connectivity index (χ4n) is 3.56. The Morgan fingerprint density at radius 1 is 1.23 bits per heavy atom. The summed E-state index contributed by atoms with van der Waals surface area (Å²) in [5.41, 5.74) is -5.88. The zero-order chi connectivity index (χ0) is 29.1. The number of H-pyrrole nitrogens is 1. The Morgan fingerprint density at radius 2 is 1.87 bits per heavy atom. The number of carbonyl (C=O) groups is 1. The first kappa shape index (κ1) is 30.5. The van der Waals surface area contributed by atoms with E-state index in [2.05, 4.69) is 5.09 Å². The van der Waals surface area contributed by atoms with Crippen molar-refractivity contribution < 1.29 is 51.3 Å². The minimum absolute atomic E-state index is 0.0510. The number of aliphatic hydroxyl groups is 2. The van der Waals surface area contributed by atoms with Gasteiger partial charge in [-0.25, -0.2) is 18.1 Å². The molecule has 0 bridgehead atoms. The number of halogens is 3. The maximum absolute atomic E-state index is 14.4. The maximum atomic E-state index is 14.4. The molecule has 4 N–H and O–H groups in total. The normalized spacial score (nSPS) is 25.4. The highest BCUT2D eigenvalue weighted by molar-refractivity contribution is 7.52. The lowest BCUT2D eigenvalue weighted by Gasteiger charge is -2.32. The number of hydrogen-bond donors (Lipinski definition) is 4. The van der Waals surface area contributed by atoms with Crippen molar-refractivity contribution in [3.8, 4) is 5.75 Å². The van der Waals surface area contributed by atoms with Gasteiger partial charge in [0.15, 0.2) is 11.8 Å². The molecule has 2 heterocycles. The third kappa shape index (κ3) is 6.77. The summed E-state index contributed by atoms with van der Waals surface area (Å²) in [4.78, 5) is 37.3. The van der Waals surface area contributed by atoms with Gasteiger partial charge in [0.05, 0.1) is 18.9 Å². The summed E-state index contributed by atoms with van der Waals surface area (Å²) < 4.78 is 77.2. The Balaban J connectivity index is 1.92. The van der Waals surface area contributed by atoms with Crippen molar-refractivity contribution in [3.63, 3.8) is 0 Å². The Labute approximate surface area is 219 Å². The number of aliphatic hydroxyl groups excluding tert-OH is 2. The van der Waals surface area contributed by atoms with Crippen LogP contribution in [0.1, 0.15) is 27.0 Å². The number of rotatable bonds is 11. The number of aromatic amines is 1. The van der Waals surface area contributed by atoms with E-state index in [1.54, 1.807) is 24.9 Å². The minimum Gasteiger partial charge on any atom is -0.462 e. The van der Waals surface area contributed by atoms with Gasteiger partial charge >= 0.3 is 19.4 Å². The smallest absolute Gasteiger partial charge is 0.459 e. The summed E-state index contributed by atoms with van der Waals surface area (Å²) in [6.45, 7) is 2.96. The minimum atomic E-state index is -4.72. The molecule has 6 atom stereocenters. The summed E-state index contributed by atoms with van der Waals surface area (Å²) >= 11 is 0. The molecule has 0 aliphatic carbocycles. The third-order valence-electron chi connectivity index (χ3n) is 5.51. The van der Waals surface area contributed by atoms with Crippen LogP contribution in [0.2, 0.25) is 0 Å². The van der Waals surface area contributed by atoms with Gasteiger partial charge in [-0.2, -0.15) is 9.48 Å². The second kappa shape index (κ2) is 12.0. The molecular weight excluding hydrogens is 554 g/mol. The number of nitrogens with zero attached hydrogens (tertiary/aromatic N) is 1. The molecule has 3 rings (SSSR count). The number of carbonyl (C=O) groups excluding carboxylic acids is 1. The van der Waals surface area contributed by atoms with Crippen LogP contribution in [0.5, 0.6) is 5.75 Å². The molecule has 0 saturated carbocycles. The number of hydrogen-bond acceptors (Lipinski definition) is 10. The topological polar surface area (TPSA) is 178 Å². The van der Waals surface area contributed by atoms with Crippen LogP contribution in [-0.2, 0) is 23.4 Å². The molecule has 13 nitrogen and oxygen atoms in total. The van der Waals surface area contributed by atoms with Crippen LogP contribution in [0.15, 0.2) is 46.1 Å². The molecule has 1 aromatic carbocycles. The highest BCUT2D eigenvalue weighted by atomic mass is 31.2. The molecule has 1 aromatic heterocycles. The van der Waals surface area contributed by atoms with Gasteiger partial charge in [-0.15, -0.1) is 0 Å². The quantitative estimate of drug-likeness (QED) is 0.220. The average Bonchev–Trinajstić information content (AvgIpc) is 3.11. The van der Waals surface area contributed by atoms with Crippen LogP contribution in [-0.4, -0.2) is 68.7 Å². The van der Waals surface area contributed by atoms with E-state index in [0.717, 1.165) is 0 Å². The molecule has 0 radical (unpaired) electrons. The molecule has 17 heteroatoms. The van der Waals surface area contributed by atoms with Crippen molar-refractivity contribution in [3.05, 3.63) is 63.2 Å². The molecule has 1 aliphatic rings.